The van der Waals surface area contributed by atoms with Crippen molar-refractivity contribution in [1.29, 1.82) is 0 Å². The van der Waals surface area contributed by atoms with E-state index >= 15 is 0 Å². The van der Waals surface area contributed by atoms with Crippen LogP contribution < -0.4 is 16.7 Å². The lowest BCUT2D eigenvalue weighted by molar-refractivity contribution is 0.491. The Morgan fingerprint density at radius 2 is 2.23 bits per heavy atom. The Morgan fingerprint density at radius 3 is 2.86 bits per heavy atom. The molecule has 0 aliphatic rings. The summed E-state index contributed by atoms with van der Waals surface area (Å²) in [6, 6.07) is 5.89. The molecule has 0 saturated heterocycles. The SMILES string of the molecule is C/C=N/Nc1c(C)c(=O)n(CC(C)CN)c2ccc(Br)cc12. The Morgan fingerprint density at radius 1 is 1.50 bits per heavy atom. The number of aromatic nitrogens is 1. The third-order valence-electron chi connectivity index (χ3n) is 3.66. The maximum absolute atomic E-state index is 12.7. The number of fused-ring (bicyclic) bond motifs is 1. The Balaban J connectivity index is 2.77. The van der Waals surface area contributed by atoms with Crippen LogP contribution in [0.4, 0.5) is 5.69 Å². The molecule has 1 aromatic carbocycles. The van der Waals surface area contributed by atoms with Crippen molar-refractivity contribution < 1.29 is 0 Å². The molecule has 0 saturated carbocycles. The standard InChI is InChI=1S/C16H21BrN4O/c1-4-19-20-15-11(3)16(22)21(9-10(2)8-18)14-6-5-12(17)7-13(14)15/h4-7,10,20H,8-9,18H2,1-3H3/b19-4+. The van der Waals surface area contributed by atoms with Crippen LogP contribution in [0, 0.1) is 12.8 Å². The summed E-state index contributed by atoms with van der Waals surface area (Å²) >= 11 is 3.49. The van der Waals surface area contributed by atoms with E-state index in [2.05, 4.69) is 26.5 Å². The molecule has 2 rings (SSSR count). The minimum absolute atomic E-state index is 0.0103. The molecule has 1 aromatic heterocycles. The normalized spacial score (nSPS) is 13.0. The van der Waals surface area contributed by atoms with Crippen LogP contribution in [0.3, 0.4) is 0 Å². The number of nitrogens with one attached hydrogen (secondary N) is 1. The van der Waals surface area contributed by atoms with Gasteiger partial charge in [-0.2, -0.15) is 5.10 Å². The Kier molecular flexibility index (Phi) is 5.37. The van der Waals surface area contributed by atoms with E-state index in [1.165, 1.54) is 0 Å². The Labute approximate surface area is 138 Å². The van der Waals surface area contributed by atoms with Crippen molar-refractivity contribution in [3.05, 3.63) is 38.6 Å². The van der Waals surface area contributed by atoms with E-state index in [1.54, 1.807) is 10.8 Å². The minimum atomic E-state index is -0.0103. The van der Waals surface area contributed by atoms with Gasteiger partial charge >= 0.3 is 0 Å². The summed E-state index contributed by atoms with van der Waals surface area (Å²) < 4.78 is 2.76. The zero-order valence-electron chi connectivity index (χ0n) is 13.1. The maximum Gasteiger partial charge on any atom is 0.256 e. The first-order valence-electron chi connectivity index (χ1n) is 7.26. The van der Waals surface area contributed by atoms with Crippen LogP contribution in [-0.4, -0.2) is 17.3 Å². The molecule has 118 valence electrons. The molecule has 5 nitrogen and oxygen atoms in total. The molecule has 0 radical (unpaired) electrons. The maximum atomic E-state index is 12.7. The van der Waals surface area contributed by atoms with Crippen LogP contribution in [-0.2, 0) is 6.54 Å². The van der Waals surface area contributed by atoms with Crippen LogP contribution in [0.15, 0.2) is 32.6 Å². The smallest absolute Gasteiger partial charge is 0.256 e. The summed E-state index contributed by atoms with van der Waals surface area (Å²) in [5, 5.41) is 5.03. The van der Waals surface area contributed by atoms with E-state index < -0.39 is 0 Å². The molecule has 0 aliphatic heterocycles. The summed E-state index contributed by atoms with van der Waals surface area (Å²) in [7, 11) is 0. The number of hydrogen-bond donors (Lipinski definition) is 2. The molecular weight excluding hydrogens is 344 g/mol. The van der Waals surface area contributed by atoms with Crippen LogP contribution in [0.1, 0.15) is 19.4 Å². The van der Waals surface area contributed by atoms with E-state index in [9.17, 15) is 4.79 Å². The molecule has 0 amide bonds. The molecule has 6 heteroatoms. The molecule has 2 aromatic rings. The number of nitrogens with zero attached hydrogens (tertiary/aromatic N) is 2. The highest BCUT2D eigenvalue weighted by atomic mass is 79.9. The average Bonchev–Trinajstić information content (AvgIpc) is 2.51. The molecule has 3 N–H and O–H groups in total. The average molecular weight is 365 g/mol. The van der Waals surface area contributed by atoms with E-state index in [0.29, 0.717) is 18.7 Å². The van der Waals surface area contributed by atoms with Gasteiger partial charge in [-0.3, -0.25) is 10.2 Å². The van der Waals surface area contributed by atoms with Gasteiger partial charge in [0.2, 0.25) is 0 Å². The van der Waals surface area contributed by atoms with Crippen LogP contribution in [0.5, 0.6) is 0 Å². The first-order valence-corrected chi connectivity index (χ1v) is 8.05. The van der Waals surface area contributed by atoms with Crippen molar-refractivity contribution in [2.45, 2.75) is 27.3 Å². The molecule has 22 heavy (non-hydrogen) atoms. The van der Waals surface area contributed by atoms with Crippen molar-refractivity contribution in [1.82, 2.24) is 4.57 Å². The van der Waals surface area contributed by atoms with Crippen molar-refractivity contribution >= 4 is 38.7 Å². The molecule has 0 spiro atoms. The molecule has 1 atom stereocenters. The summed E-state index contributed by atoms with van der Waals surface area (Å²) in [4.78, 5) is 12.7. The van der Waals surface area contributed by atoms with Gasteiger partial charge in [0, 0.05) is 28.2 Å². The summed E-state index contributed by atoms with van der Waals surface area (Å²) in [5.41, 5.74) is 11.0. The number of benzene rings is 1. The van der Waals surface area contributed by atoms with Crippen LogP contribution >= 0.6 is 15.9 Å². The zero-order chi connectivity index (χ0) is 16.3. The number of rotatable bonds is 5. The van der Waals surface area contributed by atoms with Gasteiger partial charge in [-0.1, -0.05) is 22.9 Å². The van der Waals surface area contributed by atoms with E-state index in [4.69, 9.17) is 5.73 Å². The fourth-order valence-electron chi connectivity index (χ4n) is 2.41. The van der Waals surface area contributed by atoms with Crippen molar-refractivity contribution in [2.24, 2.45) is 16.8 Å². The molecule has 0 fully saturated rings. The number of nitrogens with two attached hydrogens (primary N) is 1. The monoisotopic (exact) mass is 364 g/mol. The lowest BCUT2D eigenvalue weighted by Gasteiger charge is -2.18. The number of anilines is 1. The lowest BCUT2D eigenvalue weighted by Crippen LogP contribution is -2.28. The van der Waals surface area contributed by atoms with Gasteiger partial charge in [-0.15, -0.1) is 0 Å². The van der Waals surface area contributed by atoms with Gasteiger partial charge in [0.15, 0.2) is 0 Å². The molecule has 1 heterocycles. The summed E-state index contributed by atoms with van der Waals surface area (Å²) in [5.74, 6) is 0.233. The highest BCUT2D eigenvalue weighted by Gasteiger charge is 2.15. The fourth-order valence-corrected chi connectivity index (χ4v) is 2.77. The fraction of sp³-hybridized carbons (Fsp3) is 0.375. The largest absolute Gasteiger partial charge is 0.330 e. The van der Waals surface area contributed by atoms with Gasteiger partial charge in [0.25, 0.3) is 5.56 Å². The topological polar surface area (TPSA) is 72.4 Å². The second-order valence-corrected chi connectivity index (χ2v) is 6.33. The third-order valence-corrected chi connectivity index (χ3v) is 4.16. The summed E-state index contributed by atoms with van der Waals surface area (Å²) in [6.45, 7) is 6.83. The number of hydrogen-bond acceptors (Lipinski definition) is 4. The van der Waals surface area contributed by atoms with Crippen LogP contribution in [0.2, 0.25) is 0 Å². The highest BCUT2D eigenvalue weighted by molar-refractivity contribution is 9.10. The first-order chi connectivity index (χ1) is 10.5. The van der Waals surface area contributed by atoms with Gasteiger partial charge in [0.1, 0.15) is 0 Å². The van der Waals surface area contributed by atoms with Gasteiger partial charge < -0.3 is 10.3 Å². The number of hydrazone groups is 1. The Bertz CT molecular complexity index is 767. The molecular formula is C16H21BrN4O. The second-order valence-electron chi connectivity index (χ2n) is 5.42. The third kappa shape index (κ3) is 3.23. The number of pyridine rings is 1. The van der Waals surface area contributed by atoms with Crippen molar-refractivity contribution in [2.75, 3.05) is 12.0 Å². The molecule has 0 bridgehead atoms. The van der Waals surface area contributed by atoms with E-state index in [1.807, 2.05) is 39.0 Å². The van der Waals surface area contributed by atoms with Crippen molar-refractivity contribution in [3.63, 3.8) is 0 Å². The minimum Gasteiger partial charge on any atom is -0.330 e. The molecule has 1 unspecified atom stereocenters. The van der Waals surface area contributed by atoms with E-state index in [0.717, 1.165) is 21.1 Å². The molecule has 0 aliphatic carbocycles. The predicted octanol–water partition coefficient (Wildman–Crippen LogP) is 3.08. The first kappa shape index (κ1) is 16.7. The van der Waals surface area contributed by atoms with E-state index in [-0.39, 0.29) is 11.5 Å². The zero-order valence-corrected chi connectivity index (χ0v) is 14.6. The quantitative estimate of drug-likeness (QED) is 0.632. The summed E-state index contributed by atoms with van der Waals surface area (Å²) in [6.07, 6.45) is 1.66. The van der Waals surface area contributed by atoms with Gasteiger partial charge in [-0.25, -0.2) is 0 Å². The van der Waals surface area contributed by atoms with Gasteiger partial charge in [-0.05, 0) is 44.5 Å². The van der Waals surface area contributed by atoms with Crippen LogP contribution in [0.25, 0.3) is 10.9 Å². The second kappa shape index (κ2) is 7.07. The van der Waals surface area contributed by atoms with Crippen molar-refractivity contribution in [3.8, 4) is 0 Å². The number of halogens is 1. The highest BCUT2D eigenvalue weighted by Crippen LogP contribution is 2.28. The predicted molar refractivity (Wildman–Crippen MR) is 96.7 cm³/mol. The van der Waals surface area contributed by atoms with Gasteiger partial charge in [0.05, 0.1) is 11.2 Å². The lowest BCUT2D eigenvalue weighted by atomic mass is 10.1. The Hall–Kier alpha value is -1.66.